The molecule has 0 aliphatic carbocycles. The fourth-order valence-corrected chi connectivity index (χ4v) is 3.07. The molecule has 0 amide bonds. The molecule has 0 spiro atoms. The van der Waals surface area contributed by atoms with Gasteiger partial charge < -0.3 is 49.6 Å². The summed E-state index contributed by atoms with van der Waals surface area (Å²) >= 11 is 0. The summed E-state index contributed by atoms with van der Waals surface area (Å²) in [6.45, 7) is 2.58. The third-order valence-corrected chi connectivity index (χ3v) is 4.69. The smallest absolute Gasteiger partial charge is 0.187 e. The van der Waals surface area contributed by atoms with E-state index in [9.17, 15) is 30.6 Å². The summed E-state index contributed by atoms with van der Waals surface area (Å²) in [5.41, 5.74) is 0. The molecule has 2 aliphatic rings. The van der Waals surface area contributed by atoms with E-state index in [4.69, 9.17) is 18.9 Å². The highest BCUT2D eigenvalue weighted by atomic mass is 16.7. The Kier molecular flexibility index (Phi) is 7.52. The molecule has 0 aromatic rings. The minimum Gasteiger partial charge on any atom is -0.394 e. The Bertz CT molecular complexity index is 406. The minimum absolute atomic E-state index is 0.227. The lowest BCUT2D eigenvalue weighted by atomic mass is 9.91. The third-order valence-electron chi connectivity index (χ3n) is 4.69. The highest BCUT2D eigenvalue weighted by Gasteiger charge is 2.50. The van der Waals surface area contributed by atoms with Crippen LogP contribution >= 0.6 is 0 Å². The van der Waals surface area contributed by atoms with Gasteiger partial charge in [0, 0.05) is 12.5 Å². The van der Waals surface area contributed by atoms with E-state index in [1.165, 1.54) is 0 Å². The minimum atomic E-state index is -1.48. The van der Waals surface area contributed by atoms with Gasteiger partial charge >= 0.3 is 0 Å². The quantitative estimate of drug-likeness (QED) is 0.284. The van der Waals surface area contributed by atoms with Gasteiger partial charge in [-0.15, -0.1) is 0 Å². The summed E-state index contributed by atoms with van der Waals surface area (Å²) in [5, 5.41) is 59.4. The van der Waals surface area contributed by atoms with Crippen molar-refractivity contribution in [3.05, 3.63) is 0 Å². The Labute approximate surface area is 145 Å². The van der Waals surface area contributed by atoms with Crippen molar-refractivity contribution < 1.29 is 49.6 Å². The second kappa shape index (κ2) is 9.00. The number of aliphatic hydroxyl groups excluding tert-OH is 6. The maximum Gasteiger partial charge on any atom is 0.187 e. The molecular weight excluding hydrogens is 340 g/mol. The molecule has 0 aromatic heterocycles. The van der Waals surface area contributed by atoms with E-state index < -0.39 is 74.4 Å². The maximum absolute atomic E-state index is 10.3. The molecule has 10 nitrogen and oxygen atoms in total. The van der Waals surface area contributed by atoms with E-state index in [2.05, 4.69) is 0 Å². The molecule has 2 aliphatic heterocycles. The summed E-state index contributed by atoms with van der Waals surface area (Å²) in [6, 6.07) is 0. The first-order valence-corrected chi connectivity index (χ1v) is 8.37. The van der Waals surface area contributed by atoms with Gasteiger partial charge in [-0.05, 0) is 6.92 Å². The normalized spacial score (nSPS) is 48.5. The van der Waals surface area contributed by atoms with E-state index in [1.807, 2.05) is 0 Å². The van der Waals surface area contributed by atoms with Crippen LogP contribution in [0.15, 0.2) is 0 Å². The summed E-state index contributed by atoms with van der Waals surface area (Å²) in [6.07, 6.45) is -11.2. The molecule has 148 valence electrons. The largest absolute Gasteiger partial charge is 0.394 e. The van der Waals surface area contributed by atoms with Crippen molar-refractivity contribution in [2.24, 2.45) is 5.92 Å². The highest BCUT2D eigenvalue weighted by molar-refractivity contribution is 4.93. The number of hydrogen-bond acceptors (Lipinski definition) is 10. The van der Waals surface area contributed by atoms with Gasteiger partial charge in [-0.25, -0.2) is 0 Å². The fourth-order valence-electron chi connectivity index (χ4n) is 3.07. The lowest BCUT2D eigenvalue weighted by molar-refractivity contribution is -0.355. The molecule has 0 aromatic carbocycles. The van der Waals surface area contributed by atoms with Crippen molar-refractivity contribution in [1.29, 1.82) is 0 Å². The van der Waals surface area contributed by atoms with Crippen LogP contribution in [0.5, 0.6) is 0 Å². The van der Waals surface area contributed by atoms with Crippen LogP contribution in [-0.2, 0) is 18.9 Å². The average Bonchev–Trinajstić information content (AvgIpc) is 2.61. The molecule has 2 heterocycles. The van der Waals surface area contributed by atoms with Crippen LogP contribution in [0.3, 0.4) is 0 Å². The number of hydrogen-bond donors (Lipinski definition) is 6. The maximum atomic E-state index is 10.3. The third kappa shape index (κ3) is 4.30. The number of aliphatic hydroxyl groups is 6. The second-order valence-corrected chi connectivity index (χ2v) is 6.33. The van der Waals surface area contributed by atoms with Crippen LogP contribution in [0.4, 0.5) is 0 Å². The second-order valence-electron chi connectivity index (χ2n) is 6.33. The van der Waals surface area contributed by atoms with Crippen molar-refractivity contribution in [2.75, 3.05) is 19.8 Å². The van der Waals surface area contributed by atoms with Crippen LogP contribution in [0.2, 0.25) is 0 Å². The molecule has 0 radical (unpaired) electrons. The summed E-state index contributed by atoms with van der Waals surface area (Å²) in [5.74, 6) is -0.533. The van der Waals surface area contributed by atoms with Crippen molar-refractivity contribution in [3.8, 4) is 0 Å². The molecule has 6 N–H and O–H groups in total. The van der Waals surface area contributed by atoms with E-state index in [0.717, 1.165) is 0 Å². The number of rotatable bonds is 6. The van der Waals surface area contributed by atoms with Gasteiger partial charge in [0.25, 0.3) is 0 Å². The molecule has 4 unspecified atom stereocenters. The molecule has 2 saturated heterocycles. The van der Waals surface area contributed by atoms with Gasteiger partial charge in [0.2, 0.25) is 0 Å². The first-order chi connectivity index (χ1) is 11.8. The lowest BCUT2D eigenvalue weighted by Crippen LogP contribution is -2.63. The Hall–Kier alpha value is -0.400. The summed E-state index contributed by atoms with van der Waals surface area (Å²) < 4.78 is 21.5. The molecule has 0 saturated carbocycles. The molecule has 0 bridgehead atoms. The average molecular weight is 368 g/mol. The van der Waals surface area contributed by atoms with E-state index in [-0.39, 0.29) is 6.61 Å². The van der Waals surface area contributed by atoms with Crippen LogP contribution in [0, 0.1) is 5.92 Å². The monoisotopic (exact) mass is 368 g/mol. The zero-order valence-electron chi connectivity index (χ0n) is 14.2. The van der Waals surface area contributed by atoms with Crippen LogP contribution in [0.25, 0.3) is 0 Å². The van der Waals surface area contributed by atoms with E-state index in [1.54, 1.807) is 13.8 Å². The topological polar surface area (TPSA) is 158 Å². The predicted molar refractivity (Wildman–Crippen MR) is 81.2 cm³/mol. The molecule has 2 rings (SSSR count). The van der Waals surface area contributed by atoms with Crippen molar-refractivity contribution in [3.63, 3.8) is 0 Å². The zero-order valence-corrected chi connectivity index (χ0v) is 14.2. The molecule has 2 fully saturated rings. The van der Waals surface area contributed by atoms with Gasteiger partial charge in [-0.3, -0.25) is 0 Å². The Balaban J connectivity index is 2.11. The Morgan fingerprint density at radius 2 is 1.36 bits per heavy atom. The highest BCUT2D eigenvalue weighted by Crippen LogP contribution is 2.31. The van der Waals surface area contributed by atoms with Crippen LogP contribution in [0.1, 0.15) is 13.8 Å². The van der Waals surface area contributed by atoms with Gasteiger partial charge in [0.15, 0.2) is 12.6 Å². The molecule has 25 heavy (non-hydrogen) atoms. The van der Waals surface area contributed by atoms with Gasteiger partial charge in [0.1, 0.15) is 30.5 Å². The standard InChI is InChI=1S/C15H28O10/c1-3-22-14-12(21)10(19)13(8(5-17)24-14)25-15-11(20)9(18)6(2)7(4-16)23-15/h6-21H,3-5H2,1-2H3/t6-,7?,8+,9+,10?,11?,12?,13-,14-,15+/m1/s1. The van der Waals surface area contributed by atoms with Gasteiger partial charge in [0.05, 0.1) is 25.4 Å². The Morgan fingerprint density at radius 1 is 0.800 bits per heavy atom. The predicted octanol–water partition coefficient (Wildman–Crippen LogP) is -3.08. The van der Waals surface area contributed by atoms with Gasteiger partial charge in [-0.2, -0.15) is 0 Å². The zero-order chi connectivity index (χ0) is 18.7. The van der Waals surface area contributed by atoms with Crippen LogP contribution < -0.4 is 0 Å². The summed E-state index contributed by atoms with van der Waals surface area (Å²) in [7, 11) is 0. The van der Waals surface area contributed by atoms with Crippen molar-refractivity contribution >= 4 is 0 Å². The fraction of sp³-hybridized carbons (Fsp3) is 1.00. The summed E-state index contributed by atoms with van der Waals surface area (Å²) in [4.78, 5) is 0. The first-order valence-electron chi connectivity index (χ1n) is 8.37. The van der Waals surface area contributed by atoms with E-state index in [0.29, 0.717) is 0 Å². The number of ether oxygens (including phenoxy) is 4. The van der Waals surface area contributed by atoms with Crippen molar-refractivity contribution in [1.82, 2.24) is 0 Å². The Morgan fingerprint density at radius 3 is 1.92 bits per heavy atom. The van der Waals surface area contributed by atoms with Crippen LogP contribution in [-0.4, -0.2) is 106 Å². The van der Waals surface area contributed by atoms with Gasteiger partial charge in [-0.1, -0.05) is 6.92 Å². The first kappa shape index (κ1) is 20.9. The molecular formula is C15H28O10. The van der Waals surface area contributed by atoms with E-state index >= 15 is 0 Å². The SMILES string of the molecule is CCO[C@@H]1O[C@@H](CO)[C@@H](O[C@@H]2OC(CO)[C@@H](C)[C@H](O)C2O)C(O)C1O. The lowest BCUT2D eigenvalue weighted by Gasteiger charge is -2.46. The van der Waals surface area contributed by atoms with Crippen molar-refractivity contribution in [2.45, 2.75) is 69.2 Å². The molecule has 10 atom stereocenters. The molecule has 10 heteroatoms.